The molecule has 1 rings (SSSR count). The number of hydrogen-bond donors (Lipinski definition) is 2. The summed E-state index contributed by atoms with van der Waals surface area (Å²) in [5.41, 5.74) is 6.36. The van der Waals surface area contributed by atoms with E-state index >= 15 is 0 Å². The van der Waals surface area contributed by atoms with Gasteiger partial charge in [0.1, 0.15) is 5.82 Å². The molecule has 1 aromatic heterocycles. The van der Waals surface area contributed by atoms with E-state index in [2.05, 4.69) is 5.10 Å². The Balaban J connectivity index is 2.69. The summed E-state index contributed by atoms with van der Waals surface area (Å²) in [4.78, 5) is 10.2. The summed E-state index contributed by atoms with van der Waals surface area (Å²) in [7, 11) is 1.73. The van der Waals surface area contributed by atoms with Crippen LogP contribution in [0.3, 0.4) is 0 Å². The summed E-state index contributed by atoms with van der Waals surface area (Å²) < 4.78 is 1.53. The first-order valence-electron chi connectivity index (χ1n) is 3.77. The molecule has 1 aromatic rings. The third-order valence-corrected chi connectivity index (χ3v) is 1.60. The van der Waals surface area contributed by atoms with Gasteiger partial charge in [0.05, 0.1) is 12.6 Å². The molecule has 5 heteroatoms. The van der Waals surface area contributed by atoms with Crippen LogP contribution < -0.4 is 5.73 Å². The molecule has 0 saturated carbocycles. The number of nitrogens with zero attached hydrogens (tertiary/aromatic N) is 2. The molecule has 0 aliphatic heterocycles. The van der Waals surface area contributed by atoms with Gasteiger partial charge in [-0.2, -0.15) is 5.10 Å². The lowest BCUT2D eigenvalue weighted by atomic mass is 10.2. The van der Waals surface area contributed by atoms with Crippen LogP contribution in [0.5, 0.6) is 0 Å². The molecule has 0 fully saturated rings. The highest BCUT2D eigenvalue weighted by Gasteiger charge is 1.99. The molecule has 0 spiro atoms. The van der Waals surface area contributed by atoms with Crippen LogP contribution in [-0.4, -0.2) is 20.9 Å². The standard InChI is InChI=1S/C8H11N3O2/c1-11-8(9)6(5-10-11)3-2-4-7(12)13/h2-3,5H,4,9H2,1H3,(H,12,13). The SMILES string of the molecule is Cn1ncc(C=CCC(=O)O)c1N. The Labute approximate surface area is 75.5 Å². The molecule has 0 aromatic carbocycles. The topological polar surface area (TPSA) is 81.1 Å². The minimum absolute atomic E-state index is 0.00562. The molecule has 13 heavy (non-hydrogen) atoms. The molecule has 0 bridgehead atoms. The minimum atomic E-state index is -0.862. The van der Waals surface area contributed by atoms with E-state index in [4.69, 9.17) is 10.8 Å². The fourth-order valence-electron chi connectivity index (χ4n) is 0.879. The van der Waals surface area contributed by atoms with Gasteiger partial charge in [0.2, 0.25) is 0 Å². The molecule has 0 saturated heterocycles. The third-order valence-electron chi connectivity index (χ3n) is 1.60. The van der Waals surface area contributed by atoms with Crippen molar-refractivity contribution in [3.05, 3.63) is 17.8 Å². The average molecular weight is 181 g/mol. The van der Waals surface area contributed by atoms with E-state index in [-0.39, 0.29) is 6.42 Å². The van der Waals surface area contributed by atoms with Crippen LogP contribution in [0.25, 0.3) is 6.08 Å². The highest BCUT2D eigenvalue weighted by Crippen LogP contribution is 2.11. The van der Waals surface area contributed by atoms with Crippen molar-refractivity contribution in [2.24, 2.45) is 7.05 Å². The van der Waals surface area contributed by atoms with Gasteiger partial charge in [-0.25, -0.2) is 0 Å². The van der Waals surface area contributed by atoms with Crippen LogP contribution in [0.15, 0.2) is 12.3 Å². The molecular weight excluding hydrogens is 170 g/mol. The van der Waals surface area contributed by atoms with Gasteiger partial charge >= 0.3 is 5.97 Å². The maximum atomic E-state index is 10.2. The van der Waals surface area contributed by atoms with Gasteiger partial charge in [0.25, 0.3) is 0 Å². The van der Waals surface area contributed by atoms with Crippen LogP contribution in [0.2, 0.25) is 0 Å². The van der Waals surface area contributed by atoms with E-state index in [1.807, 2.05) is 0 Å². The van der Waals surface area contributed by atoms with E-state index in [0.29, 0.717) is 5.82 Å². The largest absolute Gasteiger partial charge is 0.481 e. The number of nitrogens with two attached hydrogens (primary N) is 1. The zero-order chi connectivity index (χ0) is 9.84. The number of aromatic nitrogens is 2. The predicted molar refractivity (Wildman–Crippen MR) is 48.9 cm³/mol. The number of hydrogen-bond acceptors (Lipinski definition) is 3. The Morgan fingerprint density at radius 2 is 2.54 bits per heavy atom. The summed E-state index contributed by atoms with van der Waals surface area (Å²) in [5.74, 6) is -0.333. The second-order valence-corrected chi connectivity index (χ2v) is 2.61. The lowest BCUT2D eigenvalue weighted by Gasteiger charge is -1.93. The van der Waals surface area contributed by atoms with Crippen LogP contribution >= 0.6 is 0 Å². The van der Waals surface area contributed by atoms with Gasteiger partial charge in [-0.1, -0.05) is 12.2 Å². The lowest BCUT2D eigenvalue weighted by molar-refractivity contribution is -0.135. The number of aryl methyl sites for hydroxylation is 1. The lowest BCUT2D eigenvalue weighted by Crippen LogP contribution is -1.97. The molecule has 0 radical (unpaired) electrons. The fourth-order valence-corrected chi connectivity index (χ4v) is 0.879. The van der Waals surface area contributed by atoms with Gasteiger partial charge in [-0.05, 0) is 0 Å². The number of nitrogen functional groups attached to an aromatic ring is 1. The molecule has 0 atom stereocenters. The predicted octanol–water partition coefficient (Wildman–Crippen LogP) is 0.490. The molecule has 5 nitrogen and oxygen atoms in total. The average Bonchev–Trinajstić information content (AvgIpc) is 2.35. The summed E-state index contributed by atoms with van der Waals surface area (Å²) in [6.07, 6.45) is 4.77. The number of carboxylic acid groups (broad SMARTS) is 1. The Morgan fingerprint density at radius 3 is 3.00 bits per heavy atom. The van der Waals surface area contributed by atoms with E-state index in [1.54, 1.807) is 19.3 Å². The fraction of sp³-hybridized carbons (Fsp3) is 0.250. The Morgan fingerprint density at radius 1 is 1.85 bits per heavy atom. The highest BCUT2D eigenvalue weighted by molar-refractivity contribution is 5.71. The summed E-state index contributed by atoms with van der Waals surface area (Å²) >= 11 is 0. The van der Waals surface area contributed by atoms with Gasteiger partial charge < -0.3 is 10.8 Å². The summed E-state index contributed by atoms with van der Waals surface area (Å²) in [5, 5.41) is 12.3. The van der Waals surface area contributed by atoms with Gasteiger partial charge in [0.15, 0.2) is 0 Å². The minimum Gasteiger partial charge on any atom is -0.481 e. The second-order valence-electron chi connectivity index (χ2n) is 2.61. The van der Waals surface area contributed by atoms with Crippen LogP contribution in [-0.2, 0) is 11.8 Å². The van der Waals surface area contributed by atoms with E-state index in [1.165, 1.54) is 10.8 Å². The maximum absolute atomic E-state index is 10.2. The normalized spacial score (nSPS) is 10.8. The van der Waals surface area contributed by atoms with Crippen molar-refractivity contribution >= 4 is 17.9 Å². The van der Waals surface area contributed by atoms with Crippen molar-refractivity contribution in [2.75, 3.05) is 5.73 Å². The van der Waals surface area contributed by atoms with Crippen LogP contribution in [0, 0.1) is 0 Å². The summed E-state index contributed by atoms with van der Waals surface area (Å²) in [6, 6.07) is 0. The first kappa shape index (κ1) is 9.31. The Bertz CT molecular complexity index is 341. The van der Waals surface area contributed by atoms with Crippen molar-refractivity contribution in [2.45, 2.75) is 6.42 Å². The van der Waals surface area contributed by atoms with Crippen molar-refractivity contribution in [3.8, 4) is 0 Å². The van der Waals surface area contributed by atoms with E-state index in [9.17, 15) is 4.79 Å². The van der Waals surface area contributed by atoms with Crippen LogP contribution in [0.1, 0.15) is 12.0 Å². The molecule has 70 valence electrons. The smallest absolute Gasteiger partial charge is 0.307 e. The van der Waals surface area contributed by atoms with Gasteiger partial charge in [-0.3, -0.25) is 9.48 Å². The first-order chi connectivity index (χ1) is 6.11. The number of anilines is 1. The van der Waals surface area contributed by atoms with E-state index < -0.39 is 5.97 Å². The molecule has 0 aliphatic rings. The van der Waals surface area contributed by atoms with E-state index in [0.717, 1.165) is 5.56 Å². The molecule has 0 amide bonds. The Hall–Kier alpha value is -1.78. The molecule has 0 aliphatic carbocycles. The maximum Gasteiger partial charge on any atom is 0.307 e. The highest BCUT2D eigenvalue weighted by atomic mass is 16.4. The number of carboxylic acids is 1. The zero-order valence-corrected chi connectivity index (χ0v) is 7.27. The number of rotatable bonds is 3. The molecule has 0 unspecified atom stereocenters. The molecule has 1 heterocycles. The first-order valence-corrected chi connectivity index (χ1v) is 3.77. The number of carbonyl (C=O) groups is 1. The summed E-state index contributed by atoms with van der Waals surface area (Å²) in [6.45, 7) is 0. The zero-order valence-electron chi connectivity index (χ0n) is 7.27. The number of aliphatic carboxylic acids is 1. The Kier molecular flexibility index (Phi) is 2.69. The van der Waals surface area contributed by atoms with Crippen molar-refractivity contribution in [1.29, 1.82) is 0 Å². The quantitative estimate of drug-likeness (QED) is 0.711. The van der Waals surface area contributed by atoms with Gasteiger partial charge in [-0.15, -0.1) is 0 Å². The van der Waals surface area contributed by atoms with Crippen LogP contribution in [0.4, 0.5) is 5.82 Å². The third kappa shape index (κ3) is 2.33. The van der Waals surface area contributed by atoms with Gasteiger partial charge in [0, 0.05) is 12.6 Å². The van der Waals surface area contributed by atoms with Crippen molar-refractivity contribution in [1.82, 2.24) is 9.78 Å². The monoisotopic (exact) mass is 181 g/mol. The molecule has 3 N–H and O–H groups in total. The van der Waals surface area contributed by atoms with Crippen molar-refractivity contribution < 1.29 is 9.90 Å². The molecular formula is C8H11N3O2. The second kappa shape index (κ2) is 3.75. The van der Waals surface area contributed by atoms with Crippen molar-refractivity contribution in [3.63, 3.8) is 0 Å².